The molecule has 0 aliphatic rings. The van der Waals surface area contributed by atoms with Crippen molar-refractivity contribution >= 4 is 5.97 Å². The molecule has 0 fully saturated rings. The van der Waals surface area contributed by atoms with E-state index in [1.165, 1.54) is 11.7 Å². The molecule has 2 aromatic rings. The minimum absolute atomic E-state index is 0.366. The zero-order valence-electron chi connectivity index (χ0n) is 10.5. The second-order valence-corrected chi connectivity index (χ2v) is 4.03. The molecular weight excluding hydrogens is 232 g/mol. The molecule has 6 heteroatoms. The van der Waals surface area contributed by atoms with E-state index >= 15 is 0 Å². The zero-order chi connectivity index (χ0) is 13.1. The first-order valence-electron chi connectivity index (χ1n) is 5.60. The Morgan fingerprint density at radius 3 is 2.89 bits per heavy atom. The first kappa shape index (κ1) is 12.2. The van der Waals surface area contributed by atoms with Crippen LogP contribution in [-0.2, 0) is 9.53 Å². The largest absolute Gasteiger partial charge is 0.454 e. The third-order valence-corrected chi connectivity index (χ3v) is 2.37. The Kier molecular flexibility index (Phi) is 3.36. The molecule has 0 aliphatic heterocycles. The van der Waals surface area contributed by atoms with E-state index in [9.17, 15) is 4.79 Å². The summed E-state index contributed by atoms with van der Waals surface area (Å²) in [5.41, 5.74) is 1.93. The minimum Gasteiger partial charge on any atom is -0.454 e. The van der Waals surface area contributed by atoms with Crippen molar-refractivity contribution in [3.05, 3.63) is 35.7 Å². The molecule has 0 unspecified atom stereocenters. The van der Waals surface area contributed by atoms with Crippen LogP contribution in [0.4, 0.5) is 0 Å². The Morgan fingerprint density at radius 2 is 2.22 bits per heavy atom. The summed E-state index contributed by atoms with van der Waals surface area (Å²) in [6, 6.07) is 7.74. The molecule has 0 spiro atoms. The standard InChI is InChI=1S/C12H14N4O2/c1-8-5-4-6-11(7-8)16-14-12(13-15-16)9(2)18-10(3)17/h4-7,9H,1-3H3/t9-/m1/s1. The predicted octanol–water partition coefficient (Wildman–Crippen LogP) is 1.59. The summed E-state index contributed by atoms with van der Waals surface area (Å²) in [5.74, 6) is 0.0149. The van der Waals surface area contributed by atoms with E-state index in [1.807, 2.05) is 31.2 Å². The molecular formula is C12H14N4O2. The molecule has 1 aromatic carbocycles. The summed E-state index contributed by atoms with van der Waals surface area (Å²) in [7, 11) is 0. The van der Waals surface area contributed by atoms with Gasteiger partial charge in [0, 0.05) is 6.92 Å². The van der Waals surface area contributed by atoms with Crippen molar-refractivity contribution in [2.45, 2.75) is 26.9 Å². The van der Waals surface area contributed by atoms with Gasteiger partial charge in [-0.2, -0.15) is 0 Å². The first-order chi connectivity index (χ1) is 8.56. The van der Waals surface area contributed by atoms with E-state index < -0.39 is 6.10 Å². The first-order valence-corrected chi connectivity index (χ1v) is 5.60. The highest BCUT2D eigenvalue weighted by molar-refractivity contribution is 5.66. The van der Waals surface area contributed by atoms with Crippen LogP contribution in [0.25, 0.3) is 5.69 Å². The van der Waals surface area contributed by atoms with Gasteiger partial charge in [0.15, 0.2) is 6.10 Å². The van der Waals surface area contributed by atoms with Crippen LogP contribution in [0.3, 0.4) is 0 Å². The van der Waals surface area contributed by atoms with Crippen molar-refractivity contribution in [1.82, 2.24) is 20.2 Å². The van der Waals surface area contributed by atoms with Gasteiger partial charge in [-0.3, -0.25) is 4.79 Å². The maximum atomic E-state index is 10.8. The Balaban J connectivity index is 2.22. The Hall–Kier alpha value is -2.24. The van der Waals surface area contributed by atoms with Crippen molar-refractivity contribution in [2.24, 2.45) is 0 Å². The summed E-state index contributed by atoms with van der Waals surface area (Å²) >= 11 is 0. The molecule has 18 heavy (non-hydrogen) atoms. The van der Waals surface area contributed by atoms with Gasteiger partial charge in [0.2, 0.25) is 5.82 Å². The molecule has 0 radical (unpaired) electrons. The van der Waals surface area contributed by atoms with Crippen LogP contribution in [0.5, 0.6) is 0 Å². The lowest BCUT2D eigenvalue weighted by atomic mass is 10.2. The summed E-state index contributed by atoms with van der Waals surface area (Å²) in [6.07, 6.45) is -0.499. The molecule has 0 bridgehead atoms. The predicted molar refractivity (Wildman–Crippen MR) is 64.1 cm³/mol. The highest BCUT2D eigenvalue weighted by Crippen LogP contribution is 2.13. The van der Waals surface area contributed by atoms with Gasteiger partial charge in [-0.25, -0.2) is 0 Å². The van der Waals surface area contributed by atoms with Crippen LogP contribution < -0.4 is 0 Å². The Labute approximate surface area is 105 Å². The lowest BCUT2D eigenvalue weighted by Crippen LogP contribution is -2.07. The van der Waals surface area contributed by atoms with Gasteiger partial charge in [0.1, 0.15) is 0 Å². The number of tetrazole rings is 1. The molecule has 0 aliphatic carbocycles. The summed E-state index contributed by atoms with van der Waals surface area (Å²) < 4.78 is 4.99. The quantitative estimate of drug-likeness (QED) is 0.769. The van der Waals surface area contributed by atoms with E-state index in [4.69, 9.17) is 4.74 Å². The molecule has 0 saturated carbocycles. The summed E-state index contributed by atoms with van der Waals surface area (Å²) in [5, 5.41) is 12.0. The van der Waals surface area contributed by atoms with Gasteiger partial charge in [-0.1, -0.05) is 12.1 Å². The van der Waals surface area contributed by atoms with Crippen LogP contribution in [0.15, 0.2) is 24.3 Å². The number of hydrogen-bond acceptors (Lipinski definition) is 5. The number of carbonyl (C=O) groups is 1. The number of carbonyl (C=O) groups excluding carboxylic acids is 1. The molecule has 1 heterocycles. The van der Waals surface area contributed by atoms with E-state index in [-0.39, 0.29) is 5.97 Å². The summed E-state index contributed by atoms with van der Waals surface area (Å²) in [4.78, 5) is 12.3. The number of hydrogen-bond donors (Lipinski definition) is 0. The second kappa shape index (κ2) is 4.95. The summed E-state index contributed by atoms with van der Waals surface area (Å²) in [6.45, 7) is 5.04. The van der Waals surface area contributed by atoms with Gasteiger partial charge in [0.05, 0.1) is 5.69 Å². The SMILES string of the molecule is CC(=O)O[C@H](C)c1nnn(-c2cccc(C)c2)n1. The van der Waals surface area contributed by atoms with Crippen LogP contribution in [-0.4, -0.2) is 26.2 Å². The molecule has 0 saturated heterocycles. The molecule has 2 rings (SSSR count). The monoisotopic (exact) mass is 246 g/mol. The van der Waals surface area contributed by atoms with E-state index in [0.29, 0.717) is 5.82 Å². The van der Waals surface area contributed by atoms with Gasteiger partial charge >= 0.3 is 5.97 Å². The lowest BCUT2D eigenvalue weighted by molar-refractivity contribution is -0.146. The number of ether oxygens (including phenoxy) is 1. The third-order valence-electron chi connectivity index (χ3n) is 2.37. The van der Waals surface area contributed by atoms with Gasteiger partial charge in [-0.15, -0.1) is 15.0 Å². The molecule has 1 atom stereocenters. The average Bonchev–Trinajstić information content (AvgIpc) is 2.77. The number of aryl methyl sites for hydroxylation is 1. The lowest BCUT2D eigenvalue weighted by Gasteiger charge is -2.06. The van der Waals surface area contributed by atoms with Gasteiger partial charge < -0.3 is 4.74 Å². The van der Waals surface area contributed by atoms with Crippen molar-refractivity contribution in [1.29, 1.82) is 0 Å². The topological polar surface area (TPSA) is 69.9 Å². The third kappa shape index (κ3) is 2.71. The highest BCUT2D eigenvalue weighted by Gasteiger charge is 2.15. The smallest absolute Gasteiger partial charge is 0.303 e. The molecule has 94 valence electrons. The molecule has 6 nitrogen and oxygen atoms in total. The number of benzene rings is 1. The fourth-order valence-corrected chi connectivity index (χ4v) is 1.55. The van der Waals surface area contributed by atoms with Crippen LogP contribution >= 0.6 is 0 Å². The van der Waals surface area contributed by atoms with E-state index in [1.54, 1.807) is 6.92 Å². The maximum absolute atomic E-state index is 10.8. The Bertz CT molecular complexity index is 565. The fourth-order valence-electron chi connectivity index (χ4n) is 1.55. The van der Waals surface area contributed by atoms with E-state index in [2.05, 4.69) is 15.4 Å². The number of rotatable bonds is 3. The zero-order valence-corrected chi connectivity index (χ0v) is 10.5. The van der Waals surface area contributed by atoms with Crippen LogP contribution in [0.1, 0.15) is 31.3 Å². The minimum atomic E-state index is -0.499. The molecule has 1 aromatic heterocycles. The van der Waals surface area contributed by atoms with Crippen molar-refractivity contribution in [3.63, 3.8) is 0 Å². The van der Waals surface area contributed by atoms with Gasteiger partial charge in [-0.05, 0) is 36.8 Å². The second-order valence-electron chi connectivity index (χ2n) is 4.03. The Morgan fingerprint density at radius 1 is 1.44 bits per heavy atom. The fraction of sp³-hybridized carbons (Fsp3) is 0.333. The molecule has 0 N–H and O–H groups in total. The van der Waals surface area contributed by atoms with Gasteiger partial charge in [0.25, 0.3) is 0 Å². The maximum Gasteiger partial charge on any atom is 0.303 e. The van der Waals surface area contributed by atoms with E-state index in [0.717, 1.165) is 11.3 Å². The van der Waals surface area contributed by atoms with Crippen molar-refractivity contribution < 1.29 is 9.53 Å². The number of esters is 1. The highest BCUT2D eigenvalue weighted by atomic mass is 16.5. The van der Waals surface area contributed by atoms with Crippen molar-refractivity contribution in [3.8, 4) is 5.69 Å². The molecule has 0 amide bonds. The van der Waals surface area contributed by atoms with Crippen LogP contribution in [0, 0.1) is 6.92 Å². The van der Waals surface area contributed by atoms with Crippen molar-refractivity contribution in [2.75, 3.05) is 0 Å². The normalized spacial score (nSPS) is 12.2. The van der Waals surface area contributed by atoms with Crippen LogP contribution in [0.2, 0.25) is 0 Å². The number of nitrogens with zero attached hydrogens (tertiary/aromatic N) is 4. The average molecular weight is 246 g/mol. The number of aromatic nitrogens is 4.